The highest BCUT2D eigenvalue weighted by molar-refractivity contribution is 6.89. The Morgan fingerprint density at radius 1 is 0.271 bits per heavy atom. The molecule has 0 radical (unpaired) electrons. The van der Waals surface area contributed by atoms with Crippen LogP contribution in [0.15, 0.2) is 231 Å². The van der Waals surface area contributed by atoms with E-state index in [0.29, 0.717) is 0 Å². The van der Waals surface area contributed by atoms with Crippen LogP contribution in [-0.4, -0.2) is 16.1 Å². The predicted octanol–water partition coefficient (Wildman–Crippen LogP) is 18.3. The zero-order valence-corrected chi connectivity index (χ0v) is 42.8. The molecule has 12 aromatic carbocycles. The quantitative estimate of drug-likeness (QED) is 0.0996. The first-order valence-corrected chi connectivity index (χ1v) is 31.7. The maximum atomic E-state index is 2.51. The summed E-state index contributed by atoms with van der Waals surface area (Å²) in [7, 11) is -3.14. The normalized spacial score (nSPS) is 12.1. The molecule has 12 rings (SSSR count). The van der Waals surface area contributed by atoms with Crippen molar-refractivity contribution in [1.82, 2.24) is 0 Å². The Kier molecular flexibility index (Phi) is 10.6. The van der Waals surface area contributed by atoms with E-state index in [1.54, 1.807) is 0 Å². The molecule has 0 atom stereocenters. The van der Waals surface area contributed by atoms with E-state index in [2.05, 4.69) is 280 Å². The molecule has 0 amide bonds. The first kappa shape index (κ1) is 43.5. The molecule has 0 aliphatic rings. The molecule has 338 valence electrons. The third-order valence-electron chi connectivity index (χ3n) is 14.5. The summed E-state index contributed by atoms with van der Waals surface area (Å²) in [5.74, 6) is 0. The van der Waals surface area contributed by atoms with Gasteiger partial charge in [-0.15, -0.1) is 0 Å². The molecule has 0 aromatic heterocycles. The molecule has 2 nitrogen and oxygen atoms in total. The summed E-state index contributed by atoms with van der Waals surface area (Å²) in [6.07, 6.45) is 0. The topological polar surface area (TPSA) is 6.48 Å². The highest BCUT2D eigenvalue weighted by Gasteiger charge is 2.27. The fraction of sp³-hybridized carbons (Fsp3) is 0.0909. The number of rotatable bonds is 10. The Bertz CT molecular complexity index is 3630. The van der Waals surface area contributed by atoms with E-state index in [9.17, 15) is 0 Å². The smallest absolute Gasteiger partial charge is 0.0775 e. The van der Waals surface area contributed by atoms with Crippen LogP contribution in [-0.2, 0) is 0 Å². The average Bonchev–Trinajstić information content (AvgIpc) is 3.38. The summed E-state index contributed by atoms with van der Waals surface area (Å²) in [5, 5.41) is 15.2. The molecule has 0 N–H and O–H groups in total. The lowest BCUT2D eigenvalue weighted by Crippen LogP contribution is -2.37. The molecule has 70 heavy (non-hydrogen) atoms. The van der Waals surface area contributed by atoms with Crippen molar-refractivity contribution in [2.75, 3.05) is 9.80 Å². The van der Waals surface area contributed by atoms with E-state index in [0.717, 1.165) is 34.1 Å². The lowest BCUT2D eigenvalue weighted by atomic mass is 9.85. The monoisotopic (exact) mass is 932 g/mol. The van der Waals surface area contributed by atoms with Crippen molar-refractivity contribution in [2.24, 2.45) is 0 Å². The lowest BCUT2D eigenvalue weighted by Gasteiger charge is -2.31. The largest absolute Gasteiger partial charge is 0.310 e. The summed E-state index contributed by atoms with van der Waals surface area (Å²) < 4.78 is 0. The maximum Gasteiger partial charge on any atom is 0.0775 e. The Hall–Kier alpha value is -7.77. The molecule has 0 unspecified atom stereocenters. The van der Waals surface area contributed by atoms with Crippen LogP contribution in [0.2, 0.25) is 39.3 Å². The minimum Gasteiger partial charge on any atom is -0.310 e. The standard InChI is InChI=1S/C66H56N2Si2/c1-69(2,3)55-33-29-51(30-34-55)67(53-27-25-45-17-13-15-23-49(45)41-53)63-43-61(47-19-9-7-10-20-47)57-38-40-60-64(44-62(48-21-11-8-12-22-48)58-37-39-59(63)65(57)66(58)60)68(52-31-35-56(36-32-52)70(4,5)6)54-28-26-46-18-14-16-24-50(46)42-54/h7-44H,1-6H3. The van der Waals surface area contributed by atoms with Gasteiger partial charge in [0.25, 0.3) is 0 Å². The van der Waals surface area contributed by atoms with Crippen molar-refractivity contribution in [1.29, 1.82) is 0 Å². The van der Waals surface area contributed by atoms with Gasteiger partial charge in [0.05, 0.1) is 27.5 Å². The molecule has 12 aromatic rings. The number of benzene rings is 12. The Labute approximate surface area is 414 Å². The SMILES string of the molecule is C[Si](C)(C)c1ccc(N(c2ccc3ccccc3c2)c2cc(-c3ccccc3)c3ccc4c(N(c5ccc([Si](C)(C)C)cc5)c5ccc6ccccc6c5)cc(-c5ccccc5)c5ccc2c3c54)cc1. The molecule has 0 bridgehead atoms. The number of nitrogens with zero attached hydrogens (tertiary/aromatic N) is 2. The van der Waals surface area contributed by atoms with E-state index in [-0.39, 0.29) is 0 Å². The molecule has 0 fully saturated rings. The van der Waals surface area contributed by atoms with Crippen LogP contribution in [0, 0.1) is 0 Å². The fourth-order valence-corrected chi connectivity index (χ4v) is 13.1. The molecule has 0 heterocycles. The van der Waals surface area contributed by atoms with Gasteiger partial charge in [0, 0.05) is 44.3 Å². The highest BCUT2D eigenvalue weighted by Crippen LogP contribution is 2.52. The number of hydrogen-bond donors (Lipinski definition) is 0. The highest BCUT2D eigenvalue weighted by atomic mass is 28.3. The van der Waals surface area contributed by atoms with Gasteiger partial charge >= 0.3 is 0 Å². The third-order valence-corrected chi connectivity index (χ3v) is 18.6. The Balaban J connectivity index is 1.21. The summed E-state index contributed by atoms with van der Waals surface area (Å²) >= 11 is 0. The molecule has 0 aliphatic carbocycles. The van der Waals surface area contributed by atoms with E-state index in [1.165, 1.54) is 86.5 Å². The van der Waals surface area contributed by atoms with Gasteiger partial charge in [-0.25, -0.2) is 0 Å². The van der Waals surface area contributed by atoms with Gasteiger partial charge in [0.1, 0.15) is 0 Å². The van der Waals surface area contributed by atoms with Crippen molar-refractivity contribution in [3.05, 3.63) is 231 Å². The van der Waals surface area contributed by atoms with Crippen LogP contribution in [0.1, 0.15) is 0 Å². The molecule has 0 aliphatic heterocycles. The molecular formula is C66H56N2Si2. The zero-order chi connectivity index (χ0) is 47.7. The number of hydrogen-bond acceptors (Lipinski definition) is 2. The molecule has 0 saturated carbocycles. The fourth-order valence-electron chi connectivity index (χ4n) is 10.7. The van der Waals surface area contributed by atoms with Crippen molar-refractivity contribution < 1.29 is 0 Å². The minimum absolute atomic E-state index is 1.13. The van der Waals surface area contributed by atoms with Crippen molar-refractivity contribution in [3.63, 3.8) is 0 Å². The van der Waals surface area contributed by atoms with E-state index in [1.807, 2.05) is 0 Å². The van der Waals surface area contributed by atoms with Gasteiger partial charge in [-0.1, -0.05) is 220 Å². The van der Waals surface area contributed by atoms with Gasteiger partial charge in [-0.05, 0) is 115 Å². The van der Waals surface area contributed by atoms with Crippen LogP contribution in [0.25, 0.3) is 76.1 Å². The van der Waals surface area contributed by atoms with Gasteiger partial charge < -0.3 is 9.80 Å². The summed E-state index contributed by atoms with van der Waals surface area (Å²) in [6.45, 7) is 14.6. The minimum atomic E-state index is -1.57. The van der Waals surface area contributed by atoms with Gasteiger partial charge in [0.2, 0.25) is 0 Å². The third kappa shape index (κ3) is 7.65. The summed E-state index contributed by atoms with van der Waals surface area (Å²) in [6, 6.07) is 86.7. The first-order chi connectivity index (χ1) is 34.0. The zero-order valence-electron chi connectivity index (χ0n) is 40.8. The lowest BCUT2D eigenvalue weighted by molar-refractivity contribution is 1.30. The Morgan fingerprint density at radius 3 is 0.971 bits per heavy atom. The molecule has 4 heteroatoms. The maximum absolute atomic E-state index is 2.51. The molecule has 0 saturated heterocycles. The van der Waals surface area contributed by atoms with Gasteiger partial charge in [0.15, 0.2) is 0 Å². The van der Waals surface area contributed by atoms with Crippen molar-refractivity contribution in [2.45, 2.75) is 39.3 Å². The number of anilines is 6. The van der Waals surface area contributed by atoms with Gasteiger partial charge in [-0.3, -0.25) is 0 Å². The summed E-state index contributed by atoms with van der Waals surface area (Å²) in [5.41, 5.74) is 11.6. The van der Waals surface area contributed by atoms with E-state index in [4.69, 9.17) is 0 Å². The van der Waals surface area contributed by atoms with E-state index >= 15 is 0 Å². The van der Waals surface area contributed by atoms with Crippen LogP contribution in [0.4, 0.5) is 34.1 Å². The second-order valence-electron chi connectivity index (χ2n) is 21.0. The molecular weight excluding hydrogens is 877 g/mol. The average molecular weight is 933 g/mol. The second-order valence-corrected chi connectivity index (χ2v) is 31.2. The first-order valence-electron chi connectivity index (χ1n) is 24.7. The predicted molar refractivity (Wildman–Crippen MR) is 311 cm³/mol. The summed E-state index contributed by atoms with van der Waals surface area (Å²) in [4.78, 5) is 5.03. The van der Waals surface area contributed by atoms with Crippen LogP contribution in [0.3, 0.4) is 0 Å². The van der Waals surface area contributed by atoms with Crippen LogP contribution in [0.5, 0.6) is 0 Å². The van der Waals surface area contributed by atoms with Crippen LogP contribution >= 0.6 is 0 Å². The van der Waals surface area contributed by atoms with E-state index < -0.39 is 16.1 Å². The van der Waals surface area contributed by atoms with Crippen molar-refractivity contribution >= 4 is 115 Å². The van der Waals surface area contributed by atoms with Crippen molar-refractivity contribution in [3.8, 4) is 22.3 Å². The van der Waals surface area contributed by atoms with Crippen LogP contribution < -0.4 is 20.2 Å². The van der Waals surface area contributed by atoms with Gasteiger partial charge in [-0.2, -0.15) is 0 Å². The molecule has 0 spiro atoms. The number of fused-ring (bicyclic) bond motifs is 2. The Morgan fingerprint density at radius 2 is 0.600 bits per heavy atom. The second kappa shape index (κ2) is 17.0.